The molecule has 6 nitrogen and oxygen atoms in total. The predicted octanol–water partition coefficient (Wildman–Crippen LogP) is 4.62. The lowest BCUT2D eigenvalue weighted by molar-refractivity contribution is 0.340. The lowest BCUT2D eigenvalue weighted by Crippen LogP contribution is -2.18. The van der Waals surface area contributed by atoms with Gasteiger partial charge >= 0.3 is 0 Å². The first kappa shape index (κ1) is 20.5. The normalized spacial score (nSPS) is 11.1. The summed E-state index contributed by atoms with van der Waals surface area (Å²) in [4.78, 5) is 19.5. The Bertz CT molecular complexity index is 1160. The maximum absolute atomic E-state index is 12.4. The van der Waals surface area contributed by atoms with Crippen LogP contribution in [0.3, 0.4) is 0 Å². The van der Waals surface area contributed by atoms with Crippen LogP contribution in [0, 0.1) is 11.7 Å². The molecular formula is C22H23N3O3S. The van der Waals surface area contributed by atoms with Gasteiger partial charge in [0.15, 0.2) is 4.77 Å². The smallest absolute Gasteiger partial charge is 0.264 e. The lowest BCUT2D eigenvalue weighted by Gasteiger charge is -2.12. The molecule has 0 spiro atoms. The van der Waals surface area contributed by atoms with Crippen molar-refractivity contribution >= 4 is 24.1 Å². The van der Waals surface area contributed by atoms with E-state index >= 15 is 0 Å². The fraction of sp³-hybridized carbons (Fsp3) is 0.227. The molecule has 29 heavy (non-hydrogen) atoms. The number of aromatic nitrogens is 2. The number of aromatic hydroxyl groups is 1. The van der Waals surface area contributed by atoms with Gasteiger partial charge in [0.25, 0.3) is 5.56 Å². The molecular weight excluding hydrogens is 386 g/mol. The summed E-state index contributed by atoms with van der Waals surface area (Å²) in [6, 6.07) is 13.0. The van der Waals surface area contributed by atoms with Crippen LogP contribution in [-0.4, -0.2) is 27.5 Å². The number of aliphatic imine (C=N–C) groups is 1. The number of aryl methyl sites for hydroxylation is 2. The van der Waals surface area contributed by atoms with E-state index in [1.54, 1.807) is 24.3 Å². The van der Waals surface area contributed by atoms with Crippen LogP contribution < -0.4 is 10.3 Å². The zero-order valence-electron chi connectivity index (χ0n) is 16.6. The minimum absolute atomic E-state index is 0.0396. The van der Waals surface area contributed by atoms with Gasteiger partial charge in [-0.15, -0.1) is 0 Å². The third-order valence-corrected chi connectivity index (χ3v) is 4.84. The van der Waals surface area contributed by atoms with Gasteiger partial charge in [-0.05, 0) is 67.9 Å². The molecule has 0 aliphatic rings. The summed E-state index contributed by atoms with van der Waals surface area (Å²) in [5.41, 5.74) is 3.01. The molecule has 1 heterocycles. The van der Waals surface area contributed by atoms with Crippen molar-refractivity contribution in [3.63, 3.8) is 0 Å². The molecule has 2 aromatic carbocycles. The van der Waals surface area contributed by atoms with Gasteiger partial charge in [0, 0.05) is 6.21 Å². The average molecular weight is 410 g/mol. The Morgan fingerprint density at radius 2 is 1.93 bits per heavy atom. The molecule has 0 saturated carbocycles. The van der Waals surface area contributed by atoms with E-state index in [0.29, 0.717) is 18.0 Å². The quantitative estimate of drug-likeness (QED) is 0.460. The second-order valence-electron chi connectivity index (χ2n) is 6.45. The van der Waals surface area contributed by atoms with Crippen LogP contribution >= 0.6 is 12.2 Å². The molecule has 0 aliphatic heterocycles. The van der Waals surface area contributed by atoms with Crippen LogP contribution in [-0.2, 0) is 6.42 Å². The topological polar surface area (TPSA) is 79.6 Å². The Hall–Kier alpha value is -3.19. The molecule has 150 valence electrons. The third kappa shape index (κ3) is 4.30. The van der Waals surface area contributed by atoms with Crippen molar-refractivity contribution in [2.75, 3.05) is 6.61 Å². The lowest BCUT2D eigenvalue weighted by atomic mass is 10.1. The predicted molar refractivity (Wildman–Crippen MR) is 118 cm³/mol. The highest BCUT2D eigenvalue weighted by Crippen LogP contribution is 2.25. The van der Waals surface area contributed by atoms with Gasteiger partial charge in [0.2, 0.25) is 5.88 Å². The number of H-pyrrole nitrogens is 1. The van der Waals surface area contributed by atoms with Gasteiger partial charge in [0.1, 0.15) is 11.3 Å². The first-order valence-electron chi connectivity index (χ1n) is 9.40. The number of para-hydroxylation sites is 1. The summed E-state index contributed by atoms with van der Waals surface area (Å²) in [6.07, 6.45) is 2.20. The highest BCUT2D eigenvalue weighted by atomic mass is 32.1. The summed E-state index contributed by atoms with van der Waals surface area (Å²) >= 11 is 5.26. The fourth-order valence-electron chi connectivity index (χ4n) is 3.07. The zero-order valence-corrected chi connectivity index (χ0v) is 17.4. The van der Waals surface area contributed by atoms with Crippen molar-refractivity contribution in [3.05, 3.63) is 74.3 Å². The molecule has 0 aliphatic carbocycles. The summed E-state index contributed by atoms with van der Waals surface area (Å²) in [5, 5.41) is 10.8. The summed E-state index contributed by atoms with van der Waals surface area (Å²) in [6.45, 7) is 6.47. The number of nitrogens with one attached hydrogen (secondary N) is 1. The van der Waals surface area contributed by atoms with Crippen molar-refractivity contribution in [2.45, 2.75) is 27.2 Å². The summed E-state index contributed by atoms with van der Waals surface area (Å²) < 4.78 is 6.94. The van der Waals surface area contributed by atoms with Gasteiger partial charge in [-0.3, -0.25) is 19.3 Å². The highest BCUT2D eigenvalue weighted by Gasteiger charge is 2.13. The molecule has 3 rings (SSSR count). The van der Waals surface area contributed by atoms with Gasteiger partial charge < -0.3 is 9.84 Å². The zero-order chi connectivity index (χ0) is 21.0. The molecule has 3 aromatic rings. The van der Waals surface area contributed by atoms with E-state index in [2.05, 4.69) is 9.98 Å². The van der Waals surface area contributed by atoms with Crippen LogP contribution in [0.25, 0.3) is 5.69 Å². The van der Waals surface area contributed by atoms with Crippen LogP contribution in [0.5, 0.6) is 11.6 Å². The van der Waals surface area contributed by atoms with Crippen molar-refractivity contribution in [2.24, 2.45) is 4.99 Å². The number of aromatic amines is 1. The Labute approximate surface area is 174 Å². The Morgan fingerprint density at radius 1 is 1.21 bits per heavy atom. The van der Waals surface area contributed by atoms with Crippen molar-refractivity contribution in [3.8, 4) is 17.3 Å². The summed E-state index contributed by atoms with van der Waals surface area (Å²) in [5.74, 6) is 0.443. The van der Waals surface area contributed by atoms with Crippen molar-refractivity contribution in [1.82, 2.24) is 9.55 Å². The van der Waals surface area contributed by atoms with Crippen LogP contribution in [0.4, 0.5) is 5.69 Å². The van der Waals surface area contributed by atoms with Crippen molar-refractivity contribution < 1.29 is 9.84 Å². The number of nitrogens with zero attached hydrogens (tertiary/aromatic N) is 2. The minimum Gasteiger partial charge on any atom is -0.494 e. The SMILES string of the molecule is CCOc1ccc(-n2c(O)c(C=Nc3c(C)cccc3CC)c(=O)[nH]c2=S)cc1. The van der Waals surface area contributed by atoms with Gasteiger partial charge in [0.05, 0.1) is 18.0 Å². The van der Waals surface area contributed by atoms with E-state index < -0.39 is 5.56 Å². The van der Waals surface area contributed by atoms with E-state index in [4.69, 9.17) is 17.0 Å². The van der Waals surface area contributed by atoms with Crippen molar-refractivity contribution in [1.29, 1.82) is 0 Å². The number of rotatable bonds is 6. The Balaban J connectivity index is 2.09. The molecule has 1 aromatic heterocycles. The number of ether oxygens (including phenoxy) is 1. The largest absolute Gasteiger partial charge is 0.494 e. The standard InChI is InChI=1S/C22H23N3O3S/c1-4-15-8-6-7-14(3)19(15)23-13-18-20(26)24-22(29)25(21(18)27)16-9-11-17(12-10-16)28-5-2/h6-13,27H,4-5H2,1-3H3,(H,24,26,29). The fourth-order valence-corrected chi connectivity index (χ4v) is 3.36. The highest BCUT2D eigenvalue weighted by molar-refractivity contribution is 7.71. The number of hydrogen-bond donors (Lipinski definition) is 2. The Morgan fingerprint density at radius 3 is 2.59 bits per heavy atom. The average Bonchev–Trinajstić information content (AvgIpc) is 2.70. The molecule has 0 amide bonds. The van der Waals surface area contributed by atoms with E-state index in [9.17, 15) is 9.90 Å². The molecule has 0 unspecified atom stereocenters. The second kappa shape index (κ2) is 8.87. The molecule has 0 bridgehead atoms. The van der Waals surface area contributed by atoms with Gasteiger partial charge in [-0.25, -0.2) is 0 Å². The van der Waals surface area contributed by atoms with E-state index in [0.717, 1.165) is 23.2 Å². The first-order valence-corrected chi connectivity index (χ1v) is 9.81. The molecule has 0 fully saturated rings. The van der Waals surface area contributed by atoms with E-state index in [1.165, 1.54) is 10.8 Å². The first-order chi connectivity index (χ1) is 14.0. The molecule has 2 N–H and O–H groups in total. The molecule has 0 radical (unpaired) electrons. The maximum Gasteiger partial charge on any atom is 0.264 e. The van der Waals surface area contributed by atoms with Gasteiger partial charge in [-0.2, -0.15) is 0 Å². The van der Waals surface area contributed by atoms with E-state index in [1.807, 2.05) is 39.0 Å². The maximum atomic E-state index is 12.4. The third-order valence-electron chi connectivity index (χ3n) is 4.55. The Kier molecular flexibility index (Phi) is 6.29. The number of hydrogen-bond acceptors (Lipinski definition) is 5. The molecule has 7 heteroatoms. The molecule has 0 atom stereocenters. The van der Waals surface area contributed by atoms with Crippen LogP contribution in [0.1, 0.15) is 30.5 Å². The summed E-state index contributed by atoms with van der Waals surface area (Å²) in [7, 11) is 0. The minimum atomic E-state index is -0.495. The van der Waals surface area contributed by atoms with E-state index in [-0.39, 0.29) is 16.2 Å². The molecule has 0 saturated heterocycles. The monoisotopic (exact) mass is 409 g/mol. The van der Waals surface area contributed by atoms with Crippen LogP contribution in [0.15, 0.2) is 52.3 Å². The number of benzene rings is 2. The van der Waals surface area contributed by atoms with Crippen LogP contribution in [0.2, 0.25) is 0 Å². The second-order valence-corrected chi connectivity index (χ2v) is 6.84. The van der Waals surface area contributed by atoms with Gasteiger partial charge in [-0.1, -0.05) is 25.1 Å².